The van der Waals surface area contributed by atoms with Crippen molar-refractivity contribution in [1.82, 2.24) is 4.90 Å². The second kappa shape index (κ2) is 7.18. The van der Waals surface area contributed by atoms with Gasteiger partial charge in [-0.1, -0.05) is 12.1 Å². The molecule has 0 fully saturated rings. The zero-order chi connectivity index (χ0) is 20.8. The van der Waals surface area contributed by atoms with Gasteiger partial charge in [0.15, 0.2) is 5.43 Å². The second-order valence-corrected chi connectivity index (χ2v) is 7.88. The van der Waals surface area contributed by atoms with E-state index in [0.717, 1.165) is 16.5 Å². The van der Waals surface area contributed by atoms with Crippen LogP contribution in [0.2, 0.25) is 0 Å². The summed E-state index contributed by atoms with van der Waals surface area (Å²) in [6.45, 7) is 0.176. The Balaban J connectivity index is 1.73. The number of amides is 1. The van der Waals surface area contributed by atoms with Crippen molar-refractivity contribution < 1.29 is 18.0 Å². The van der Waals surface area contributed by atoms with Crippen LogP contribution in [0.15, 0.2) is 79.4 Å². The number of furan rings is 1. The lowest BCUT2D eigenvalue weighted by molar-refractivity contribution is 0.0701. The molecule has 5 nitrogen and oxygen atoms in total. The van der Waals surface area contributed by atoms with Gasteiger partial charge in [0.1, 0.15) is 17.2 Å². The summed E-state index contributed by atoms with van der Waals surface area (Å²) in [5, 5.41) is 0.118. The highest BCUT2D eigenvalue weighted by molar-refractivity contribution is 7.98. The summed E-state index contributed by atoms with van der Waals surface area (Å²) in [4.78, 5) is 29.2. The summed E-state index contributed by atoms with van der Waals surface area (Å²) >= 11 is 1.60. The molecule has 30 heavy (non-hydrogen) atoms. The fraction of sp³-hybridized carbons (Fsp3) is 0.130. The number of fused-ring (bicyclic) bond motifs is 2. The van der Waals surface area contributed by atoms with E-state index in [-0.39, 0.29) is 28.8 Å². The third kappa shape index (κ3) is 2.93. The number of carbonyl (C=O) groups is 1. The number of hydrogen-bond donors (Lipinski definition) is 0. The molecule has 0 saturated heterocycles. The number of benzene rings is 2. The fourth-order valence-electron chi connectivity index (χ4n) is 3.86. The second-order valence-electron chi connectivity index (χ2n) is 7.00. The standard InChI is InChI=1S/C23H16FNO4S/c1-30-16-7-4-13(5-8-16)20-19-21(26)17-11-14(24)6-9-18(17)29-22(19)23(27)25(20)12-15-3-2-10-28-15/h2-11,20H,12H2,1H3/t20-/m0/s1. The Kier molecular flexibility index (Phi) is 4.47. The van der Waals surface area contributed by atoms with Crippen LogP contribution in [0.3, 0.4) is 0 Å². The molecule has 2 aromatic heterocycles. The molecule has 150 valence electrons. The molecule has 1 aliphatic heterocycles. The lowest BCUT2D eigenvalue weighted by Gasteiger charge is -2.24. The maximum absolute atomic E-state index is 13.8. The summed E-state index contributed by atoms with van der Waals surface area (Å²) in [5.74, 6) is -0.356. The lowest BCUT2D eigenvalue weighted by Crippen LogP contribution is -2.29. The molecule has 0 unspecified atom stereocenters. The van der Waals surface area contributed by atoms with Gasteiger partial charge in [0, 0.05) is 4.90 Å². The maximum atomic E-state index is 13.8. The fourth-order valence-corrected chi connectivity index (χ4v) is 4.27. The molecule has 5 rings (SSSR count). The summed E-state index contributed by atoms with van der Waals surface area (Å²) in [5.41, 5.74) is 0.779. The number of halogens is 1. The third-order valence-electron chi connectivity index (χ3n) is 5.27. The normalized spacial score (nSPS) is 15.7. The van der Waals surface area contributed by atoms with E-state index in [0.29, 0.717) is 5.76 Å². The van der Waals surface area contributed by atoms with Crippen molar-refractivity contribution in [1.29, 1.82) is 0 Å². The van der Waals surface area contributed by atoms with Crippen LogP contribution in [-0.4, -0.2) is 17.1 Å². The third-order valence-corrected chi connectivity index (χ3v) is 6.01. The van der Waals surface area contributed by atoms with Gasteiger partial charge in [0.05, 0.1) is 29.8 Å². The smallest absolute Gasteiger partial charge is 0.291 e. The Bertz CT molecular complexity index is 1310. The van der Waals surface area contributed by atoms with Crippen LogP contribution < -0.4 is 5.43 Å². The minimum Gasteiger partial charge on any atom is -0.467 e. The van der Waals surface area contributed by atoms with Gasteiger partial charge < -0.3 is 13.7 Å². The molecule has 1 amide bonds. The number of thioether (sulfide) groups is 1. The molecule has 0 radical (unpaired) electrons. The summed E-state index contributed by atoms with van der Waals surface area (Å²) < 4.78 is 25.0. The van der Waals surface area contributed by atoms with E-state index in [1.165, 1.54) is 18.4 Å². The van der Waals surface area contributed by atoms with Crippen LogP contribution in [0, 0.1) is 5.82 Å². The van der Waals surface area contributed by atoms with E-state index >= 15 is 0 Å². The molecule has 0 spiro atoms. The van der Waals surface area contributed by atoms with Gasteiger partial charge in [-0.2, -0.15) is 0 Å². The molecule has 0 saturated carbocycles. The number of rotatable bonds is 4. The zero-order valence-corrected chi connectivity index (χ0v) is 16.7. The van der Waals surface area contributed by atoms with Crippen molar-refractivity contribution in [2.45, 2.75) is 17.5 Å². The number of hydrogen-bond acceptors (Lipinski definition) is 5. The number of carbonyl (C=O) groups excluding carboxylic acids is 1. The molecule has 2 aromatic carbocycles. The molecule has 0 bridgehead atoms. The van der Waals surface area contributed by atoms with E-state index in [4.69, 9.17) is 8.83 Å². The van der Waals surface area contributed by atoms with E-state index in [1.807, 2.05) is 30.5 Å². The Morgan fingerprint density at radius 3 is 2.60 bits per heavy atom. The van der Waals surface area contributed by atoms with Crippen molar-refractivity contribution >= 4 is 28.6 Å². The molecule has 3 heterocycles. The molecule has 1 atom stereocenters. The highest BCUT2D eigenvalue weighted by atomic mass is 32.2. The molecular formula is C23H16FNO4S. The van der Waals surface area contributed by atoms with Gasteiger partial charge in [-0.15, -0.1) is 11.8 Å². The van der Waals surface area contributed by atoms with Gasteiger partial charge in [-0.25, -0.2) is 4.39 Å². The minimum absolute atomic E-state index is 0.00962. The first-order chi connectivity index (χ1) is 14.6. The van der Waals surface area contributed by atoms with Crippen LogP contribution in [0.4, 0.5) is 4.39 Å². The van der Waals surface area contributed by atoms with Crippen molar-refractivity contribution in [3.63, 3.8) is 0 Å². The quantitative estimate of drug-likeness (QED) is 0.434. The van der Waals surface area contributed by atoms with Crippen molar-refractivity contribution in [3.05, 3.63) is 99.5 Å². The minimum atomic E-state index is -0.655. The van der Waals surface area contributed by atoms with E-state index in [2.05, 4.69) is 0 Å². The molecule has 0 N–H and O–H groups in total. The predicted molar refractivity (Wildman–Crippen MR) is 111 cm³/mol. The highest BCUT2D eigenvalue weighted by Crippen LogP contribution is 2.39. The summed E-state index contributed by atoms with van der Waals surface area (Å²) in [6.07, 6.45) is 3.51. The van der Waals surface area contributed by atoms with Crippen LogP contribution in [0.5, 0.6) is 0 Å². The van der Waals surface area contributed by atoms with Gasteiger partial charge in [-0.05, 0) is 54.3 Å². The van der Waals surface area contributed by atoms with E-state index in [9.17, 15) is 14.0 Å². The van der Waals surface area contributed by atoms with Crippen LogP contribution in [-0.2, 0) is 6.54 Å². The van der Waals surface area contributed by atoms with Gasteiger partial charge in [-0.3, -0.25) is 9.59 Å². The van der Waals surface area contributed by atoms with Gasteiger partial charge in [0.25, 0.3) is 5.91 Å². The largest absolute Gasteiger partial charge is 0.467 e. The predicted octanol–water partition coefficient (Wildman–Crippen LogP) is 4.99. The lowest BCUT2D eigenvalue weighted by atomic mass is 9.98. The summed E-state index contributed by atoms with van der Waals surface area (Å²) in [6, 6.07) is 14.2. The first kappa shape index (κ1) is 18.7. The Morgan fingerprint density at radius 2 is 1.90 bits per heavy atom. The molecule has 4 aromatic rings. The molecule has 7 heteroatoms. The Labute approximate surface area is 175 Å². The highest BCUT2D eigenvalue weighted by Gasteiger charge is 2.43. The van der Waals surface area contributed by atoms with Crippen molar-refractivity contribution in [2.75, 3.05) is 6.26 Å². The molecule has 1 aliphatic rings. The topological polar surface area (TPSA) is 63.7 Å². The maximum Gasteiger partial charge on any atom is 0.291 e. The van der Waals surface area contributed by atoms with Crippen LogP contribution >= 0.6 is 11.8 Å². The van der Waals surface area contributed by atoms with Crippen LogP contribution in [0.25, 0.3) is 11.0 Å². The van der Waals surface area contributed by atoms with Crippen molar-refractivity contribution in [3.8, 4) is 0 Å². The Morgan fingerprint density at radius 1 is 1.10 bits per heavy atom. The van der Waals surface area contributed by atoms with E-state index < -0.39 is 23.2 Å². The first-order valence-electron chi connectivity index (χ1n) is 9.30. The number of nitrogens with zero attached hydrogens (tertiary/aromatic N) is 1. The monoisotopic (exact) mass is 421 g/mol. The zero-order valence-electron chi connectivity index (χ0n) is 15.9. The first-order valence-corrected chi connectivity index (χ1v) is 10.5. The van der Waals surface area contributed by atoms with E-state index in [1.54, 1.807) is 28.8 Å². The summed E-state index contributed by atoms with van der Waals surface area (Å²) in [7, 11) is 0. The average molecular weight is 421 g/mol. The molecule has 0 aliphatic carbocycles. The SMILES string of the molecule is CSc1ccc([C@H]2c3c(oc4ccc(F)cc4c3=O)C(=O)N2Cc2ccco2)cc1. The molecular weight excluding hydrogens is 405 g/mol. The van der Waals surface area contributed by atoms with Gasteiger partial charge in [0.2, 0.25) is 5.76 Å². The Hall–Kier alpha value is -3.32. The van der Waals surface area contributed by atoms with Crippen LogP contribution in [0.1, 0.15) is 33.5 Å². The van der Waals surface area contributed by atoms with Gasteiger partial charge >= 0.3 is 0 Å². The average Bonchev–Trinajstić information content (AvgIpc) is 3.37. The van der Waals surface area contributed by atoms with Crippen molar-refractivity contribution in [2.24, 2.45) is 0 Å².